The Kier molecular flexibility index (Phi) is 4.70. The number of benzene rings is 2. The van der Waals surface area contributed by atoms with E-state index in [2.05, 4.69) is 15.5 Å². The summed E-state index contributed by atoms with van der Waals surface area (Å²) < 4.78 is 27.4. The smallest absolute Gasteiger partial charge is 0.256 e. The quantitative estimate of drug-likeness (QED) is 0.681. The van der Waals surface area contributed by atoms with Gasteiger partial charge in [-0.1, -0.05) is 29.8 Å². The van der Waals surface area contributed by atoms with Crippen molar-refractivity contribution in [1.82, 2.24) is 14.5 Å². The minimum Gasteiger partial charge on any atom is -0.307 e. The summed E-state index contributed by atoms with van der Waals surface area (Å²) in [4.78, 5) is 12.7. The predicted molar refractivity (Wildman–Crippen MR) is 106 cm³/mol. The Balaban J connectivity index is 1.56. The molecule has 0 unspecified atom stereocenters. The highest BCUT2D eigenvalue weighted by atomic mass is 35.5. The number of hydrogen-bond acceptors (Lipinski definition) is 4. The van der Waals surface area contributed by atoms with Crippen LogP contribution >= 0.6 is 11.6 Å². The molecule has 28 heavy (non-hydrogen) atoms. The molecule has 1 aliphatic heterocycles. The molecule has 0 saturated heterocycles. The van der Waals surface area contributed by atoms with Crippen molar-refractivity contribution >= 4 is 33.3 Å². The Morgan fingerprint density at radius 1 is 1.14 bits per heavy atom. The van der Waals surface area contributed by atoms with Gasteiger partial charge in [-0.2, -0.15) is 9.40 Å². The Morgan fingerprint density at radius 2 is 1.86 bits per heavy atom. The number of fused-ring (bicyclic) bond motifs is 1. The number of aromatic amines is 1. The lowest BCUT2D eigenvalue weighted by molar-refractivity contribution is 0.102. The van der Waals surface area contributed by atoms with Crippen LogP contribution < -0.4 is 5.32 Å². The summed E-state index contributed by atoms with van der Waals surface area (Å²) in [5.74, 6) is 0.0701. The zero-order valence-corrected chi connectivity index (χ0v) is 16.5. The molecule has 3 aromatic rings. The third kappa shape index (κ3) is 3.30. The fraction of sp³-hybridized carbons (Fsp3) is 0.158. The Bertz CT molecular complexity index is 1160. The third-order valence-electron chi connectivity index (χ3n) is 4.67. The van der Waals surface area contributed by atoms with Crippen LogP contribution in [0.1, 0.15) is 27.2 Å². The van der Waals surface area contributed by atoms with Crippen LogP contribution in [0.3, 0.4) is 0 Å². The number of nitrogens with one attached hydrogen (secondary N) is 2. The van der Waals surface area contributed by atoms with E-state index in [-0.39, 0.29) is 23.9 Å². The molecule has 1 aromatic heterocycles. The van der Waals surface area contributed by atoms with E-state index in [4.69, 9.17) is 11.6 Å². The van der Waals surface area contributed by atoms with Gasteiger partial charge in [-0.3, -0.25) is 9.89 Å². The van der Waals surface area contributed by atoms with Gasteiger partial charge in [-0.25, -0.2) is 8.42 Å². The molecule has 2 heterocycles. The number of anilines is 1. The third-order valence-corrected chi connectivity index (χ3v) is 6.87. The molecule has 0 atom stereocenters. The van der Waals surface area contributed by atoms with E-state index < -0.39 is 10.0 Å². The molecule has 0 radical (unpaired) electrons. The molecule has 0 spiro atoms. The number of aromatic nitrogens is 2. The zero-order chi connectivity index (χ0) is 19.9. The molecule has 0 saturated carbocycles. The maximum Gasteiger partial charge on any atom is 0.256 e. The molecule has 7 nitrogen and oxygen atoms in total. The summed E-state index contributed by atoms with van der Waals surface area (Å²) in [6.45, 7) is 2.05. The molecule has 2 N–H and O–H groups in total. The van der Waals surface area contributed by atoms with Gasteiger partial charge >= 0.3 is 0 Å². The van der Waals surface area contributed by atoms with Crippen LogP contribution in [-0.4, -0.2) is 28.8 Å². The van der Waals surface area contributed by atoms with Gasteiger partial charge in [0.25, 0.3) is 5.91 Å². The minimum atomic E-state index is -3.66. The van der Waals surface area contributed by atoms with Crippen LogP contribution in [0, 0.1) is 6.92 Å². The van der Waals surface area contributed by atoms with Crippen LogP contribution in [-0.2, 0) is 23.1 Å². The minimum absolute atomic E-state index is 0.138. The first-order valence-electron chi connectivity index (χ1n) is 8.55. The van der Waals surface area contributed by atoms with Gasteiger partial charge in [-0.05, 0) is 42.8 Å². The molecular formula is C19H17ClN4O3S. The number of carbonyl (C=O) groups excluding carboxylic acids is 1. The van der Waals surface area contributed by atoms with Crippen molar-refractivity contribution in [2.24, 2.45) is 0 Å². The summed E-state index contributed by atoms with van der Waals surface area (Å²) in [7, 11) is -3.66. The van der Waals surface area contributed by atoms with Gasteiger partial charge in [0.15, 0.2) is 0 Å². The maximum atomic E-state index is 13.0. The number of aryl methyl sites for hydroxylation is 1. The lowest BCUT2D eigenvalue weighted by Crippen LogP contribution is -2.27. The lowest BCUT2D eigenvalue weighted by Gasteiger charge is -2.17. The summed E-state index contributed by atoms with van der Waals surface area (Å²) in [5, 5.41) is 10.2. The Labute approximate surface area is 167 Å². The summed E-state index contributed by atoms with van der Waals surface area (Å²) >= 11 is 5.85. The molecule has 0 bridgehead atoms. The second kappa shape index (κ2) is 7.05. The normalized spacial score (nSPS) is 14.1. The number of halogens is 1. The fourth-order valence-corrected chi connectivity index (χ4v) is 4.87. The van der Waals surface area contributed by atoms with E-state index >= 15 is 0 Å². The summed E-state index contributed by atoms with van der Waals surface area (Å²) in [5.41, 5.74) is 2.39. The molecule has 0 fully saturated rings. The number of nitrogens with zero attached hydrogens (tertiary/aromatic N) is 2. The average molecular weight is 417 g/mol. The van der Waals surface area contributed by atoms with Crippen molar-refractivity contribution in [2.45, 2.75) is 24.9 Å². The zero-order valence-electron chi connectivity index (χ0n) is 14.9. The van der Waals surface area contributed by atoms with E-state index in [0.29, 0.717) is 33.2 Å². The molecule has 4 rings (SSSR count). The topological polar surface area (TPSA) is 95.2 Å². The van der Waals surface area contributed by atoms with Crippen LogP contribution in [0.5, 0.6) is 0 Å². The van der Waals surface area contributed by atoms with Gasteiger partial charge in [0.1, 0.15) is 5.82 Å². The number of amides is 1. The summed E-state index contributed by atoms with van der Waals surface area (Å²) in [6.07, 6.45) is 0. The van der Waals surface area contributed by atoms with Crippen LogP contribution in [0.4, 0.5) is 5.82 Å². The number of rotatable bonds is 4. The van der Waals surface area contributed by atoms with E-state index in [1.165, 1.54) is 4.31 Å². The summed E-state index contributed by atoms with van der Waals surface area (Å²) in [6, 6.07) is 13.3. The highest BCUT2D eigenvalue weighted by Crippen LogP contribution is 2.32. The highest BCUT2D eigenvalue weighted by molar-refractivity contribution is 7.89. The van der Waals surface area contributed by atoms with Crippen LogP contribution in [0.15, 0.2) is 53.4 Å². The maximum absolute atomic E-state index is 13.0. The van der Waals surface area contributed by atoms with Crippen molar-refractivity contribution in [2.75, 3.05) is 5.32 Å². The Hall–Kier alpha value is -2.68. The number of sulfonamides is 1. The second-order valence-corrected chi connectivity index (χ2v) is 8.87. The number of carbonyl (C=O) groups is 1. The molecule has 1 aliphatic rings. The van der Waals surface area contributed by atoms with Crippen molar-refractivity contribution in [1.29, 1.82) is 0 Å². The predicted octanol–water partition coefficient (Wildman–Crippen LogP) is 3.33. The van der Waals surface area contributed by atoms with Crippen molar-refractivity contribution in [3.05, 3.63) is 75.9 Å². The number of H-pyrrole nitrogens is 1. The number of hydrogen-bond donors (Lipinski definition) is 2. The molecular weight excluding hydrogens is 400 g/mol. The van der Waals surface area contributed by atoms with E-state index in [1.54, 1.807) is 55.5 Å². The monoisotopic (exact) mass is 416 g/mol. The second-order valence-electron chi connectivity index (χ2n) is 6.52. The van der Waals surface area contributed by atoms with E-state index in [0.717, 1.165) is 0 Å². The first-order valence-corrected chi connectivity index (χ1v) is 10.4. The SMILES string of the molecule is Cc1ccccc1S(=O)(=O)N1Cc2n[nH]c(NC(=O)c3ccc(Cl)cc3)c2C1. The van der Waals surface area contributed by atoms with Crippen LogP contribution in [0.25, 0.3) is 0 Å². The first kappa shape index (κ1) is 18.7. The fourth-order valence-electron chi connectivity index (χ4n) is 3.15. The van der Waals surface area contributed by atoms with E-state index in [1.807, 2.05) is 0 Å². The van der Waals surface area contributed by atoms with Crippen molar-refractivity contribution < 1.29 is 13.2 Å². The molecule has 1 amide bonds. The Morgan fingerprint density at radius 3 is 2.57 bits per heavy atom. The van der Waals surface area contributed by atoms with Gasteiger partial charge in [0.05, 0.1) is 17.1 Å². The van der Waals surface area contributed by atoms with Gasteiger partial charge < -0.3 is 5.32 Å². The largest absolute Gasteiger partial charge is 0.307 e. The highest BCUT2D eigenvalue weighted by Gasteiger charge is 2.35. The first-order chi connectivity index (χ1) is 13.4. The van der Waals surface area contributed by atoms with Crippen molar-refractivity contribution in [3.8, 4) is 0 Å². The molecule has 144 valence electrons. The molecule has 0 aliphatic carbocycles. The van der Waals surface area contributed by atoms with Gasteiger partial charge in [0.2, 0.25) is 10.0 Å². The molecule has 2 aromatic carbocycles. The van der Waals surface area contributed by atoms with Gasteiger partial charge in [0, 0.05) is 22.7 Å². The average Bonchev–Trinajstić information content (AvgIpc) is 3.25. The van der Waals surface area contributed by atoms with Gasteiger partial charge in [-0.15, -0.1) is 0 Å². The molecule has 9 heteroatoms. The standard InChI is InChI=1S/C19H17ClN4O3S/c1-12-4-2-3-5-17(12)28(26,27)24-10-15-16(11-24)22-23-18(15)21-19(25)13-6-8-14(20)9-7-13/h2-9H,10-11H2,1H3,(H2,21,22,23,25). The van der Waals surface area contributed by atoms with E-state index in [9.17, 15) is 13.2 Å². The van der Waals surface area contributed by atoms with Crippen molar-refractivity contribution in [3.63, 3.8) is 0 Å². The van der Waals surface area contributed by atoms with Crippen LogP contribution in [0.2, 0.25) is 5.02 Å². The lowest BCUT2D eigenvalue weighted by atomic mass is 10.2.